The number of benzene rings is 5. The summed E-state index contributed by atoms with van der Waals surface area (Å²) in [4.78, 5) is 29.4. The summed E-state index contributed by atoms with van der Waals surface area (Å²) in [5, 5.41) is 15.3. The summed E-state index contributed by atoms with van der Waals surface area (Å²) in [6, 6.07) is 33.5. The molecule has 53 heavy (non-hydrogen) atoms. The van der Waals surface area contributed by atoms with E-state index in [2.05, 4.69) is 94.9 Å². The number of aromatic nitrogens is 3. The van der Waals surface area contributed by atoms with Gasteiger partial charge >= 0.3 is 18.9 Å². The van der Waals surface area contributed by atoms with Gasteiger partial charge in [0.1, 0.15) is 5.69 Å². The molecule has 0 atom stereocenters. The molecule has 1 N–H and O–H groups in total. The van der Waals surface area contributed by atoms with Gasteiger partial charge in [-0.05, 0) is 83.1 Å². The first-order chi connectivity index (χ1) is 25.8. The zero-order valence-electron chi connectivity index (χ0n) is 30.6. The third kappa shape index (κ3) is 5.92. The first-order valence-electron chi connectivity index (χ1n) is 18.2. The molecule has 2 aliphatic rings. The molecule has 8 rings (SSSR count). The largest absolute Gasteiger partial charge is 0.468 e. The molecule has 0 saturated heterocycles. The van der Waals surface area contributed by atoms with Crippen LogP contribution in [0, 0.1) is 19.3 Å². The van der Waals surface area contributed by atoms with Crippen molar-refractivity contribution in [2.75, 3.05) is 24.3 Å². The van der Waals surface area contributed by atoms with E-state index in [0.29, 0.717) is 13.1 Å². The highest BCUT2D eigenvalue weighted by molar-refractivity contribution is 6.81. The lowest BCUT2D eigenvalue weighted by Gasteiger charge is -2.40. The SMILES string of the molecule is COC(=O)C1(C(=O)OC)Cc2c(C)c(CCCn3cc(-c4ccccc4)nn3)c(B3Nc4cccc5cccc(c45)N3Cc3ccccc3)c(C)c2C1. The zero-order chi connectivity index (χ0) is 36.7. The minimum Gasteiger partial charge on any atom is -0.468 e. The molecule has 0 fully saturated rings. The van der Waals surface area contributed by atoms with E-state index in [1.165, 1.54) is 36.1 Å². The van der Waals surface area contributed by atoms with Crippen LogP contribution in [0.1, 0.15) is 39.8 Å². The van der Waals surface area contributed by atoms with E-state index in [4.69, 9.17) is 9.47 Å². The molecule has 0 saturated carbocycles. The summed E-state index contributed by atoms with van der Waals surface area (Å²) < 4.78 is 12.5. The van der Waals surface area contributed by atoms with Crippen molar-refractivity contribution in [2.24, 2.45) is 5.41 Å². The van der Waals surface area contributed by atoms with Crippen LogP contribution in [0.15, 0.2) is 103 Å². The van der Waals surface area contributed by atoms with Gasteiger partial charge in [0.15, 0.2) is 5.41 Å². The molecule has 0 bridgehead atoms. The number of hydrogen-bond acceptors (Lipinski definition) is 8. The van der Waals surface area contributed by atoms with E-state index < -0.39 is 17.4 Å². The Bertz CT molecular complexity index is 2320. The number of esters is 2. The number of ether oxygens (including phenoxy) is 2. The van der Waals surface area contributed by atoms with Gasteiger partial charge in [0, 0.05) is 48.3 Å². The van der Waals surface area contributed by atoms with Crippen molar-refractivity contribution in [2.45, 2.75) is 52.6 Å². The molecule has 1 aliphatic carbocycles. The van der Waals surface area contributed by atoms with E-state index in [-0.39, 0.29) is 19.8 Å². The van der Waals surface area contributed by atoms with E-state index in [1.54, 1.807) is 0 Å². The van der Waals surface area contributed by atoms with Crippen LogP contribution in [-0.2, 0) is 51.4 Å². The van der Waals surface area contributed by atoms with Gasteiger partial charge in [0.25, 0.3) is 0 Å². The molecule has 0 unspecified atom stereocenters. The minimum atomic E-state index is -1.44. The smallest absolute Gasteiger partial charge is 0.409 e. The molecule has 1 aromatic heterocycles. The lowest BCUT2D eigenvalue weighted by molar-refractivity contribution is -0.168. The fourth-order valence-corrected chi connectivity index (χ4v) is 8.62. The fourth-order valence-electron chi connectivity index (χ4n) is 8.62. The van der Waals surface area contributed by atoms with Gasteiger partial charge in [-0.1, -0.05) is 90.1 Å². The molecule has 5 aromatic carbocycles. The molecule has 0 spiro atoms. The predicted octanol–water partition coefficient (Wildman–Crippen LogP) is 6.61. The van der Waals surface area contributed by atoms with Crippen molar-refractivity contribution in [3.05, 3.63) is 137 Å². The highest BCUT2D eigenvalue weighted by Gasteiger charge is 2.54. The highest BCUT2D eigenvalue weighted by atomic mass is 16.5. The van der Waals surface area contributed by atoms with Crippen LogP contribution in [0.4, 0.5) is 11.4 Å². The first kappa shape index (κ1) is 34.2. The molecule has 266 valence electrons. The van der Waals surface area contributed by atoms with Crippen LogP contribution >= 0.6 is 0 Å². The van der Waals surface area contributed by atoms with Crippen LogP contribution in [0.5, 0.6) is 0 Å². The molecule has 0 radical (unpaired) electrons. The first-order valence-corrected chi connectivity index (χ1v) is 18.2. The standard InChI is InChI=1S/C43H42BN5O4/c1-28-33(20-13-23-48-27-37(46-47-48)31-16-9-6-10-17-31)40(29(2)35-25-43(24-34(28)35,41(50)52-3)42(51)53-4)44-45-36-21-11-18-32-19-12-22-38(39(32)36)49(44)26-30-14-7-5-8-15-30/h5-12,14-19,21-22,27,45H,13,20,23-26H2,1-4H3. The number of aryl methyl sites for hydroxylation is 1. The predicted molar refractivity (Wildman–Crippen MR) is 209 cm³/mol. The molecule has 6 aromatic rings. The Morgan fingerprint density at radius 1 is 0.830 bits per heavy atom. The molecule has 10 heteroatoms. The van der Waals surface area contributed by atoms with E-state index >= 15 is 0 Å². The van der Waals surface area contributed by atoms with Crippen molar-refractivity contribution in [1.29, 1.82) is 0 Å². The Hall–Kier alpha value is -5.90. The quantitative estimate of drug-likeness (QED) is 0.0968. The lowest BCUT2D eigenvalue weighted by atomic mass is 9.58. The van der Waals surface area contributed by atoms with E-state index in [9.17, 15) is 9.59 Å². The normalized spacial score (nSPS) is 14.2. The van der Waals surface area contributed by atoms with Gasteiger partial charge in [0.05, 0.1) is 20.4 Å². The maximum atomic E-state index is 13.5. The summed E-state index contributed by atoms with van der Waals surface area (Å²) in [6.45, 7) is 5.41. The van der Waals surface area contributed by atoms with E-state index in [1.807, 2.05) is 47.3 Å². The average molecular weight is 704 g/mol. The van der Waals surface area contributed by atoms with Crippen molar-refractivity contribution in [1.82, 2.24) is 15.0 Å². The number of hydrogen-bond donors (Lipinski definition) is 1. The molecular formula is C43H42BN5O4. The number of carbonyl (C=O) groups excluding carboxylic acids is 2. The van der Waals surface area contributed by atoms with Crippen molar-refractivity contribution in [3.8, 4) is 11.3 Å². The van der Waals surface area contributed by atoms with Crippen LogP contribution in [0.2, 0.25) is 0 Å². The summed E-state index contributed by atoms with van der Waals surface area (Å²) in [5.74, 6) is -1.13. The Balaban J connectivity index is 1.25. The number of methoxy groups -OCH3 is 2. The molecule has 9 nitrogen and oxygen atoms in total. The van der Waals surface area contributed by atoms with Crippen molar-refractivity contribution in [3.63, 3.8) is 0 Å². The Kier molecular flexibility index (Phi) is 8.98. The van der Waals surface area contributed by atoms with Crippen molar-refractivity contribution >= 4 is 46.5 Å². The Morgan fingerprint density at radius 3 is 2.19 bits per heavy atom. The number of carbonyl (C=O) groups is 2. The summed E-state index contributed by atoms with van der Waals surface area (Å²) >= 11 is 0. The second-order valence-corrected chi connectivity index (χ2v) is 14.2. The number of anilines is 2. The van der Waals surface area contributed by atoms with Crippen LogP contribution < -0.4 is 15.5 Å². The molecular weight excluding hydrogens is 661 g/mol. The minimum absolute atomic E-state index is 0.223. The second kappa shape index (κ2) is 13.9. The average Bonchev–Trinajstić information content (AvgIpc) is 3.85. The van der Waals surface area contributed by atoms with Gasteiger partial charge in [-0.2, -0.15) is 0 Å². The van der Waals surface area contributed by atoms with Gasteiger partial charge in [-0.25, -0.2) is 0 Å². The lowest BCUT2D eigenvalue weighted by Crippen LogP contribution is -2.58. The maximum absolute atomic E-state index is 13.5. The third-order valence-electron chi connectivity index (χ3n) is 11.2. The molecule has 0 amide bonds. The second-order valence-electron chi connectivity index (χ2n) is 14.2. The molecule has 1 aliphatic heterocycles. The number of rotatable bonds is 10. The topological polar surface area (TPSA) is 98.6 Å². The van der Waals surface area contributed by atoms with Gasteiger partial charge in [-0.15, -0.1) is 5.10 Å². The summed E-state index contributed by atoms with van der Waals surface area (Å²) in [6.07, 6.45) is 4.02. The molecule has 2 heterocycles. The van der Waals surface area contributed by atoms with Crippen LogP contribution in [-0.4, -0.2) is 48.1 Å². The van der Waals surface area contributed by atoms with Gasteiger partial charge < -0.3 is 19.5 Å². The fraction of sp³-hybridized carbons (Fsp3) is 0.256. The Labute approximate surface area is 310 Å². The third-order valence-corrected chi connectivity index (χ3v) is 11.2. The summed E-state index contributed by atoms with van der Waals surface area (Å²) in [7, 11) is 2.68. The number of fused-ring (bicyclic) bond motifs is 1. The number of nitrogens with one attached hydrogen (secondary N) is 1. The van der Waals surface area contributed by atoms with Gasteiger partial charge in [0.2, 0.25) is 0 Å². The van der Waals surface area contributed by atoms with Crippen LogP contribution in [0.3, 0.4) is 0 Å². The highest BCUT2D eigenvalue weighted by Crippen LogP contribution is 2.44. The maximum Gasteiger partial charge on any atom is 0.409 e. The Morgan fingerprint density at radius 2 is 1.49 bits per heavy atom. The zero-order valence-corrected chi connectivity index (χ0v) is 30.6. The summed E-state index contributed by atoms with van der Waals surface area (Å²) in [5.41, 5.74) is 10.4. The van der Waals surface area contributed by atoms with Crippen molar-refractivity contribution < 1.29 is 19.1 Å². The van der Waals surface area contributed by atoms with Gasteiger partial charge in [-0.3, -0.25) is 14.3 Å². The monoisotopic (exact) mass is 703 g/mol. The van der Waals surface area contributed by atoms with Crippen LogP contribution in [0.25, 0.3) is 22.0 Å². The van der Waals surface area contributed by atoms with E-state index in [0.717, 1.165) is 63.2 Å². The number of nitrogens with zero attached hydrogens (tertiary/aromatic N) is 4.